The van der Waals surface area contributed by atoms with E-state index in [2.05, 4.69) is 16.0 Å². The van der Waals surface area contributed by atoms with E-state index in [0.717, 1.165) is 0 Å². The van der Waals surface area contributed by atoms with Gasteiger partial charge in [-0.1, -0.05) is 0 Å². The predicted octanol–water partition coefficient (Wildman–Crippen LogP) is 0.815. The van der Waals surface area contributed by atoms with Gasteiger partial charge in [0.1, 0.15) is 5.76 Å². The molecular weight excluding hydrogens is 314 g/mol. The van der Waals surface area contributed by atoms with Crippen LogP contribution in [-0.2, 0) is 16.1 Å². The standard InChI is InChI=1S/C16H19N3O5/c20-14(6-1-7-17-16(22)13-5-3-9-24-13)19-11-15(21)18-10-12-4-2-8-23-12/h2-5,8-9H,1,6-7,10-11H2,(H,17,22)(H,18,21)(H,19,20). The fourth-order valence-electron chi connectivity index (χ4n) is 1.87. The van der Waals surface area contributed by atoms with Gasteiger partial charge in [0.2, 0.25) is 11.8 Å². The molecule has 0 saturated heterocycles. The molecule has 2 rings (SSSR count). The maximum absolute atomic E-state index is 11.6. The Bertz CT molecular complexity index is 649. The minimum Gasteiger partial charge on any atom is -0.467 e. The monoisotopic (exact) mass is 333 g/mol. The van der Waals surface area contributed by atoms with E-state index in [9.17, 15) is 14.4 Å². The van der Waals surface area contributed by atoms with E-state index in [1.165, 1.54) is 12.5 Å². The first-order valence-electron chi connectivity index (χ1n) is 7.52. The van der Waals surface area contributed by atoms with Crippen molar-refractivity contribution in [3.8, 4) is 0 Å². The lowest BCUT2D eigenvalue weighted by molar-refractivity contribution is -0.126. The Kier molecular flexibility index (Phi) is 6.63. The highest BCUT2D eigenvalue weighted by molar-refractivity contribution is 5.91. The first-order chi connectivity index (χ1) is 11.6. The Morgan fingerprint density at radius 3 is 2.42 bits per heavy atom. The van der Waals surface area contributed by atoms with Gasteiger partial charge in [-0.25, -0.2) is 0 Å². The van der Waals surface area contributed by atoms with Crippen LogP contribution in [0.3, 0.4) is 0 Å². The number of amides is 3. The number of hydrogen-bond acceptors (Lipinski definition) is 5. The van der Waals surface area contributed by atoms with Crippen molar-refractivity contribution in [1.82, 2.24) is 16.0 Å². The summed E-state index contributed by atoms with van der Waals surface area (Å²) in [5.41, 5.74) is 0. The molecule has 0 aliphatic heterocycles. The average Bonchev–Trinajstić information content (AvgIpc) is 3.28. The Morgan fingerprint density at radius 1 is 0.917 bits per heavy atom. The fraction of sp³-hybridized carbons (Fsp3) is 0.312. The first-order valence-corrected chi connectivity index (χ1v) is 7.52. The number of carbonyl (C=O) groups is 3. The summed E-state index contributed by atoms with van der Waals surface area (Å²) >= 11 is 0. The zero-order chi connectivity index (χ0) is 17.2. The fourth-order valence-corrected chi connectivity index (χ4v) is 1.87. The van der Waals surface area contributed by atoms with Gasteiger partial charge < -0.3 is 24.8 Å². The summed E-state index contributed by atoms with van der Waals surface area (Å²) in [6.07, 6.45) is 3.61. The van der Waals surface area contributed by atoms with Crippen molar-refractivity contribution >= 4 is 17.7 Å². The van der Waals surface area contributed by atoms with Crippen LogP contribution in [0.25, 0.3) is 0 Å². The van der Waals surface area contributed by atoms with Crippen molar-refractivity contribution in [1.29, 1.82) is 0 Å². The number of furan rings is 2. The minimum absolute atomic E-state index is 0.0989. The summed E-state index contributed by atoms with van der Waals surface area (Å²) in [5.74, 6) is -0.00589. The Hall–Kier alpha value is -3.03. The molecule has 3 amide bonds. The number of nitrogens with one attached hydrogen (secondary N) is 3. The van der Waals surface area contributed by atoms with E-state index in [0.29, 0.717) is 18.7 Å². The van der Waals surface area contributed by atoms with E-state index in [4.69, 9.17) is 8.83 Å². The number of carbonyl (C=O) groups excluding carboxylic acids is 3. The summed E-state index contributed by atoms with van der Waals surface area (Å²) in [6.45, 7) is 0.524. The van der Waals surface area contributed by atoms with Gasteiger partial charge in [0.15, 0.2) is 5.76 Å². The molecule has 0 fully saturated rings. The van der Waals surface area contributed by atoms with E-state index in [-0.39, 0.29) is 43.0 Å². The molecule has 128 valence electrons. The first kappa shape index (κ1) is 17.3. The van der Waals surface area contributed by atoms with E-state index >= 15 is 0 Å². The second-order valence-electron chi connectivity index (χ2n) is 4.97. The highest BCUT2D eigenvalue weighted by atomic mass is 16.3. The zero-order valence-electron chi connectivity index (χ0n) is 13.0. The molecule has 0 aliphatic rings. The van der Waals surface area contributed by atoms with E-state index in [1.807, 2.05) is 0 Å². The molecular formula is C16H19N3O5. The van der Waals surface area contributed by atoms with Crippen LogP contribution in [0.4, 0.5) is 0 Å². The summed E-state index contributed by atoms with van der Waals surface area (Å²) in [7, 11) is 0. The van der Waals surface area contributed by atoms with Gasteiger partial charge in [-0.15, -0.1) is 0 Å². The number of rotatable bonds is 9. The van der Waals surface area contributed by atoms with Crippen molar-refractivity contribution in [3.63, 3.8) is 0 Å². The Balaban J connectivity index is 1.51. The normalized spacial score (nSPS) is 10.2. The van der Waals surface area contributed by atoms with Gasteiger partial charge in [-0.3, -0.25) is 14.4 Å². The summed E-state index contributed by atoms with van der Waals surface area (Å²) in [6, 6.07) is 6.66. The van der Waals surface area contributed by atoms with Crippen molar-refractivity contribution in [2.75, 3.05) is 13.1 Å². The largest absolute Gasteiger partial charge is 0.467 e. The molecule has 24 heavy (non-hydrogen) atoms. The average molecular weight is 333 g/mol. The van der Waals surface area contributed by atoms with Gasteiger partial charge in [-0.2, -0.15) is 0 Å². The minimum atomic E-state index is -0.322. The Morgan fingerprint density at radius 2 is 1.71 bits per heavy atom. The van der Waals surface area contributed by atoms with E-state index in [1.54, 1.807) is 24.3 Å². The molecule has 2 aromatic heterocycles. The predicted molar refractivity (Wildman–Crippen MR) is 83.8 cm³/mol. The maximum atomic E-state index is 11.6. The molecule has 0 bridgehead atoms. The third kappa shape index (κ3) is 5.99. The van der Waals surface area contributed by atoms with Gasteiger partial charge in [-0.05, 0) is 30.7 Å². The maximum Gasteiger partial charge on any atom is 0.286 e. The van der Waals surface area contributed by atoms with Gasteiger partial charge in [0.25, 0.3) is 5.91 Å². The van der Waals surface area contributed by atoms with E-state index < -0.39 is 0 Å². The molecule has 0 aromatic carbocycles. The quantitative estimate of drug-likeness (QED) is 0.588. The second-order valence-corrected chi connectivity index (χ2v) is 4.97. The van der Waals surface area contributed by atoms with Crippen LogP contribution < -0.4 is 16.0 Å². The highest BCUT2D eigenvalue weighted by Gasteiger charge is 2.09. The molecule has 2 heterocycles. The van der Waals surface area contributed by atoms with Gasteiger partial charge in [0.05, 0.1) is 25.6 Å². The number of hydrogen-bond donors (Lipinski definition) is 3. The molecule has 3 N–H and O–H groups in total. The van der Waals surface area contributed by atoms with Crippen LogP contribution in [0.5, 0.6) is 0 Å². The summed E-state index contributed by atoms with van der Waals surface area (Å²) < 4.78 is 10.0. The topological polar surface area (TPSA) is 114 Å². The van der Waals surface area contributed by atoms with Crippen LogP contribution in [0, 0.1) is 0 Å². The van der Waals surface area contributed by atoms with Crippen molar-refractivity contribution < 1.29 is 23.2 Å². The van der Waals surface area contributed by atoms with Crippen LogP contribution in [0.15, 0.2) is 45.6 Å². The third-order valence-corrected chi connectivity index (χ3v) is 3.10. The van der Waals surface area contributed by atoms with Crippen LogP contribution in [-0.4, -0.2) is 30.8 Å². The molecule has 0 unspecified atom stereocenters. The smallest absolute Gasteiger partial charge is 0.286 e. The lowest BCUT2D eigenvalue weighted by Crippen LogP contribution is -2.36. The lowest BCUT2D eigenvalue weighted by Gasteiger charge is -2.06. The third-order valence-electron chi connectivity index (χ3n) is 3.10. The highest BCUT2D eigenvalue weighted by Crippen LogP contribution is 1.99. The molecule has 0 aliphatic carbocycles. The van der Waals surface area contributed by atoms with Crippen LogP contribution in [0.2, 0.25) is 0 Å². The molecule has 8 heteroatoms. The van der Waals surface area contributed by atoms with Gasteiger partial charge in [0, 0.05) is 13.0 Å². The van der Waals surface area contributed by atoms with Gasteiger partial charge >= 0.3 is 0 Å². The van der Waals surface area contributed by atoms with Crippen molar-refractivity contribution in [2.45, 2.75) is 19.4 Å². The summed E-state index contributed by atoms with van der Waals surface area (Å²) in [4.78, 5) is 34.7. The Labute approximate surface area is 138 Å². The molecule has 0 spiro atoms. The summed E-state index contributed by atoms with van der Waals surface area (Å²) in [5, 5.41) is 7.78. The zero-order valence-corrected chi connectivity index (χ0v) is 13.0. The molecule has 2 aromatic rings. The molecule has 0 saturated carbocycles. The second kappa shape index (κ2) is 9.19. The molecule has 0 atom stereocenters. The SMILES string of the molecule is O=C(CCCNC(=O)c1ccco1)NCC(=O)NCc1ccco1. The van der Waals surface area contributed by atoms with Crippen molar-refractivity contribution in [2.24, 2.45) is 0 Å². The van der Waals surface area contributed by atoms with Crippen LogP contribution >= 0.6 is 0 Å². The molecule has 8 nitrogen and oxygen atoms in total. The van der Waals surface area contributed by atoms with Crippen LogP contribution in [0.1, 0.15) is 29.2 Å². The molecule has 0 radical (unpaired) electrons. The van der Waals surface area contributed by atoms with Crippen molar-refractivity contribution in [3.05, 3.63) is 48.3 Å². The lowest BCUT2D eigenvalue weighted by atomic mass is 10.3.